The molecule has 1 aliphatic rings. The van der Waals surface area contributed by atoms with Crippen LogP contribution in [-0.4, -0.2) is 23.5 Å². The molecule has 0 saturated carbocycles. The molecule has 0 atom stereocenters. The van der Waals surface area contributed by atoms with E-state index in [2.05, 4.69) is 11.8 Å². The SMILES string of the molecule is CC1(C)CC(=O)N(c2cc(Cl)ccc2C#CCCO)C1=O. The quantitative estimate of drug-likeness (QED) is 0.674. The number of aliphatic hydroxyl groups excluding tert-OH is 1. The Kier molecular flexibility index (Phi) is 4.36. The first kappa shape index (κ1) is 15.6. The minimum Gasteiger partial charge on any atom is -0.395 e. The van der Waals surface area contributed by atoms with Crippen molar-refractivity contribution in [3.05, 3.63) is 28.8 Å². The summed E-state index contributed by atoms with van der Waals surface area (Å²) in [4.78, 5) is 25.7. The van der Waals surface area contributed by atoms with Gasteiger partial charge >= 0.3 is 0 Å². The Labute approximate surface area is 128 Å². The predicted molar refractivity (Wildman–Crippen MR) is 80.9 cm³/mol. The number of amides is 2. The number of hydrogen-bond acceptors (Lipinski definition) is 3. The largest absolute Gasteiger partial charge is 0.395 e. The van der Waals surface area contributed by atoms with E-state index >= 15 is 0 Å². The molecule has 0 aliphatic carbocycles. The minimum atomic E-state index is -0.713. The van der Waals surface area contributed by atoms with Gasteiger partial charge in [0.05, 0.1) is 17.7 Å². The zero-order valence-electron chi connectivity index (χ0n) is 11.9. The summed E-state index contributed by atoms with van der Waals surface area (Å²) >= 11 is 5.99. The van der Waals surface area contributed by atoms with Crippen molar-refractivity contribution in [3.8, 4) is 11.8 Å². The monoisotopic (exact) mass is 305 g/mol. The molecule has 0 bridgehead atoms. The third-order valence-corrected chi connectivity index (χ3v) is 3.52. The van der Waals surface area contributed by atoms with E-state index in [4.69, 9.17) is 16.7 Å². The Morgan fingerprint density at radius 3 is 2.67 bits per heavy atom. The molecule has 2 rings (SSSR count). The average Bonchev–Trinajstić information content (AvgIpc) is 2.60. The van der Waals surface area contributed by atoms with Crippen molar-refractivity contribution in [3.63, 3.8) is 0 Å². The number of aliphatic hydroxyl groups is 1. The van der Waals surface area contributed by atoms with Crippen LogP contribution in [0.2, 0.25) is 5.02 Å². The maximum atomic E-state index is 12.4. The van der Waals surface area contributed by atoms with Crippen molar-refractivity contribution in [2.24, 2.45) is 5.41 Å². The van der Waals surface area contributed by atoms with Gasteiger partial charge in [0.25, 0.3) is 0 Å². The van der Waals surface area contributed by atoms with Gasteiger partial charge in [-0.25, -0.2) is 4.90 Å². The molecule has 1 aromatic rings. The van der Waals surface area contributed by atoms with E-state index in [9.17, 15) is 9.59 Å². The van der Waals surface area contributed by atoms with Gasteiger partial charge in [-0.05, 0) is 18.2 Å². The molecule has 2 amide bonds. The number of carbonyl (C=O) groups excluding carboxylic acids is 2. The van der Waals surface area contributed by atoms with E-state index < -0.39 is 5.41 Å². The van der Waals surface area contributed by atoms with Crippen LogP contribution in [0.4, 0.5) is 5.69 Å². The fraction of sp³-hybridized carbons (Fsp3) is 0.375. The number of anilines is 1. The summed E-state index contributed by atoms with van der Waals surface area (Å²) in [5.41, 5.74) is 0.246. The van der Waals surface area contributed by atoms with Crippen molar-refractivity contribution < 1.29 is 14.7 Å². The predicted octanol–water partition coefficient (Wildman–Crippen LogP) is 2.36. The topological polar surface area (TPSA) is 57.6 Å². The molecular formula is C16H16ClNO3. The molecule has 4 nitrogen and oxygen atoms in total. The Hall–Kier alpha value is -1.83. The number of hydrogen-bond donors (Lipinski definition) is 1. The first-order valence-electron chi connectivity index (χ1n) is 6.63. The van der Waals surface area contributed by atoms with Crippen molar-refractivity contribution in [2.75, 3.05) is 11.5 Å². The molecule has 0 radical (unpaired) electrons. The normalized spacial score (nSPS) is 16.9. The third-order valence-electron chi connectivity index (χ3n) is 3.29. The summed E-state index contributed by atoms with van der Waals surface area (Å²) in [6.45, 7) is 3.45. The summed E-state index contributed by atoms with van der Waals surface area (Å²) in [5, 5.41) is 9.21. The molecule has 1 aromatic carbocycles. The smallest absolute Gasteiger partial charge is 0.239 e. The molecule has 1 saturated heterocycles. The summed E-state index contributed by atoms with van der Waals surface area (Å²) in [5.74, 6) is 5.16. The highest BCUT2D eigenvalue weighted by molar-refractivity contribution is 6.31. The molecule has 1 heterocycles. The molecule has 1 N–H and O–H groups in total. The van der Waals surface area contributed by atoms with Gasteiger partial charge in [0, 0.05) is 23.4 Å². The van der Waals surface area contributed by atoms with E-state index in [0.29, 0.717) is 22.7 Å². The van der Waals surface area contributed by atoms with Crippen LogP contribution in [0.1, 0.15) is 32.3 Å². The van der Waals surface area contributed by atoms with Gasteiger partial charge < -0.3 is 5.11 Å². The molecule has 0 aromatic heterocycles. The van der Waals surface area contributed by atoms with Crippen molar-refractivity contribution >= 4 is 29.1 Å². The summed E-state index contributed by atoms with van der Waals surface area (Å²) in [6, 6.07) is 4.90. The number of imide groups is 1. The summed E-state index contributed by atoms with van der Waals surface area (Å²) < 4.78 is 0. The average molecular weight is 306 g/mol. The van der Waals surface area contributed by atoms with Gasteiger partial charge in [-0.15, -0.1) is 0 Å². The Morgan fingerprint density at radius 1 is 1.38 bits per heavy atom. The highest BCUT2D eigenvalue weighted by Gasteiger charge is 2.46. The minimum absolute atomic E-state index is 0.0372. The molecule has 0 spiro atoms. The van der Waals surface area contributed by atoms with Crippen LogP contribution >= 0.6 is 11.6 Å². The van der Waals surface area contributed by atoms with Gasteiger partial charge in [0.1, 0.15) is 0 Å². The second kappa shape index (κ2) is 5.88. The van der Waals surface area contributed by atoms with Crippen LogP contribution in [0, 0.1) is 17.3 Å². The lowest BCUT2D eigenvalue weighted by Crippen LogP contribution is -2.33. The number of rotatable bonds is 2. The lowest BCUT2D eigenvalue weighted by molar-refractivity contribution is -0.124. The van der Waals surface area contributed by atoms with E-state index in [1.165, 1.54) is 0 Å². The van der Waals surface area contributed by atoms with Crippen molar-refractivity contribution in [1.82, 2.24) is 0 Å². The Morgan fingerprint density at radius 2 is 2.10 bits per heavy atom. The fourth-order valence-electron chi connectivity index (χ4n) is 2.20. The van der Waals surface area contributed by atoms with Crippen LogP contribution in [0.25, 0.3) is 0 Å². The maximum absolute atomic E-state index is 12.4. The van der Waals surface area contributed by atoms with Crippen molar-refractivity contribution in [1.29, 1.82) is 0 Å². The summed E-state index contributed by atoms with van der Waals surface area (Å²) in [7, 11) is 0. The van der Waals surface area contributed by atoms with Gasteiger partial charge in [0.2, 0.25) is 11.8 Å². The molecule has 110 valence electrons. The lowest BCUT2D eigenvalue weighted by Gasteiger charge is -2.19. The highest BCUT2D eigenvalue weighted by atomic mass is 35.5. The molecule has 1 fully saturated rings. The van der Waals surface area contributed by atoms with Gasteiger partial charge in [-0.1, -0.05) is 37.3 Å². The van der Waals surface area contributed by atoms with Crippen LogP contribution in [-0.2, 0) is 9.59 Å². The van der Waals surface area contributed by atoms with E-state index in [1.807, 2.05) is 0 Å². The lowest BCUT2D eigenvalue weighted by atomic mass is 9.92. The third kappa shape index (κ3) is 3.10. The zero-order chi connectivity index (χ0) is 15.6. The van der Waals surface area contributed by atoms with Crippen LogP contribution < -0.4 is 4.90 Å². The van der Waals surface area contributed by atoms with Gasteiger partial charge in [-0.3, -0.25) is 9.59 Å². The number of benzene rings is 1. The second-order valence-electron chi connectivity index (χ2n) is 5.53. The van der Waals surface area contributed by atoms with Crippen molar-refractivity contribution in [2.45, 2.75) is 26.7 Å². The molecule has 5 heteroatoms. The van der Waals surface area contributed by atoms with Gasteiger partial charge in [0.15, 0.2) is 0 Å². The molecule has 21 heavy (non-hydrogen) atoms. The summed E-state index contributed by atoms with van der Waals surface area (Å²) in [6.07, 6.45) is 0.497. The first-order valence-corrected chi connectivity index (χ1v) is 7.01. The first-order chi connectivity index (χ1) is 9.86. The van der Waals surface area contributed by atoms with Crippen LogP contribution in [0.3, 0.4) is 0 Å². The standard InChI is InChI=1S/C16H16ClNO3/c1-16(2)10-14(20)18(15(16)21)13-9-12(17)7-6-11(13)5-3-4-8-19/h6-7,9,19H,4,8,10H2,1-2H3. The van der Waals surface area contributed by atoms with Crippen LogP contribution in [0.15, 0.2) is 18.2 Å². The molecule has 0 unspecified atom stereocenters. The number of carbonyl (C=O) groups is 2. The molecular weight excluding hydrogens is 290 g/mol. The van der Waals surface area contributed by atoms with E-state index in [1.54, 1.807) is 32.0 Å². The zero-order valence-corrected chi connectivity index (χ0v) is 12.7. The fourth-order valence-corrected chi connectivity index (χ4v) is 2.37. The van der Waals surface area contributed by atoms with Gasteiger partial charge in [-0.2, -0.15) is 0 Å². The number of halogens is 1. The van der Waals surface area contributed by atoms with Crippen LogP contribution in [0.5, 0.6) is 0 Å². The molecule has 1 aliphatic heterocycles. The van der Waals surface area contributed by atoms with E-state index in [-0.39, 0.29) is 24.8 Å². The second-order valence-corrected chi connectivity index (χ2v) is 5.97. The Bertz CT molecular complexity index is 655. The number of nitrogens with zero attached hydrogens (tertiary/aromatic N) is 1. The van der Waals surface area contributed by atoms with E-state index in [0.717, 1.165) is 4.90 Å². The maximum Gasteiger partial charge on any atom is 0.239 e. The highest BCUT2D eigenvalue weighted by Crippen LogP contribution is 2.37. The Balaban J connectivity index is 2.49.